The first-order valence-corrected chi connectivity index (χ1v) is 12.4. The fourth-order valence-corrected chi connectivity index (χ4v) is 3.82. The molecule has 2 heterocycles. The number of hydrogen-bond donors (Lipinski definition) is 3. The Balaban J connectivity index is 1.67. The average Bonchev–Trinajstić information content (AvgIpc) is 2.94. The van der Waals surface area contributed by atoms with E-state index in [9.17, 15) is 18.4 Å². The molecule has 2 aromatic carbocycles. The SMILES string of the molecule is C=CC(=O)Nc1cc(Nc2ncc3cc(Nc4ccc(F)cc4F)c(=O)n(C)c3n2)c(OC)cc1OCCN(C)C. The van der Waals surface area contributed by atoms with Gasteiger partial charge in [-0.3, -0.25) is 14.2 Å². The lowest BCUT2D eigenvalue weighted by atomic mass is 10.2. The van der Waals surface area contributed by atoms with Crippen molar-refractivity contribution in [2.45, 2.75) is 0 Å². The van der Waals surface area contributed by atoms with Crippen LogP contribution < -0.4 is 31.0 Å². The highest BCUT2D eigenvalue weighted by Gasteiger charge is 2.16. The second-order valence-corrected chi connectivity index (χ2v) is 9.16. The summed E-state index contributed by atoms with van der Waals surface area (Å²) < 4.78 is 40.1. The van der Waals surface area contributed by atoms with Gasteiger partial charge in [0.15, 0.2) is 0 Å². The number of amides is 1. The van der Waals surface area contributed by atoms with E-state index in [0.29, 0.717) is 47.1 Å². The van der Waals surface area contributed by atoms with Crippen molar-refractivity contribution < 1.29 is 23.0 Å². The van der Waals surface area contributed by atoms with Crippen molar-refractivity contribution in [3.05, 3.63) is 77.2 Å². The fraction of sp³-hybridized carbons (Fsp3) is 0.214. The van der Waals surface area contributed by atoms with Crippen LogP contribution in [0.15, 0.2) is 60.0 Å². The molecule has 4 rings (SSSR count). The van der Waals surface area contributed by atoms with E-state index in [2.05, 4.69) is 32.5 Å². The lowest BCUT2D eigenvalue weighted by molar-refractivity contribution is -0.111. The predicted octanol–water partition coefficient (Wildman–Crippen LogP) is 4.17. The molecule has 0 aliphatic heterocycles. The van der Waals surface area contributed by atoms with Crippen molar-refractivity contribution in [2.24, 2.45) is 7.05 Å². The summed E-state index contributed by atoms with van der Waals surface area (Å²) >= 11 is 0. The number of carbonyl (C=O) groups excluding carboxylic acids is 1. The van der Waals surface area contributed by atoms with Gasteiger partial charge in [-0.2, -0.15) is 4.98 Å². The topological polar surface area (TPSA) is 123 Å². The molecule has 2 aromatic heterocycles. The first kappa shape index (κ1) is 29.0. The number of halogens is 2. The second kappa shape index (κ2) is 12.4. The zero-order chi connectivity index (χ0) is 29.7. The number of nitrogens with zero attached hydrogens (tertiary/aromatic N) is 4. The summed E-state index contributed by atoms with van der Waals surface area (Å²) in [6, 6.07) is 7.73. The highest BCUT2D eigenvalue weighted by Crippen LogP contribution is 2.38. The second-order valence-electron chi connectivity index (χ2n) is 9.16. The summed E-state index contributed by atoms with van der Waals surface area (Å²) in [5.74, 6) is -1.08. The molecule has 4 aromatic rings. The highest BCUT2D eigenvalue weighted by atomic mass is 19.1. The maximum Gasteiger partial charge on any atom is 0.275 e. The van der Waals surface area contributed by atoms with Crippen molar-refractivity contribution in [1.82, 2.24) is 19.4 Å². The third kappa shape index (κ3) is 6.76. The molecule has 0 aliphatic carbocycles. The van der Waals surface area contributed by atoms with Crippen LogP contribution >= 0.6 is 0 Å². The van der Waals surface area contributed by atoms with Crippen molar-refractivity contribution >= 4 is 45.6 Å². The number of anilines is 5. The fourth-order valence-electron chi connectivity index (χ4n) is 3.82. The zero-order valence-corrected chi connectivity index (χ0v) is 22.9. The quantitative estimate of drug-likeness (QED) is 0.230. The molecule has 13 heteroatoms. The van der Waals surface area contributed by atoms with Gasteiger partial charge >= 0.3 is 0 Å². The molecule has 0 unspecified atom stereocenters. The number of ether oxygens (including phenoxy) is 2. The van der Waals surface area contributed by atoms with Gasteiger partial charge in [-0.25, -0.2) is 13.8 Å². The van der Waals surface area contributed by atoms with Crippen LogP contribution in [0.4, 0.5) is 37.5 Å². The number of aromatic nitrogens is 3. The Morgan fingerprint density at radius 1 is 1.07 bits per heavy atom. The number of carbonyl (C=O) groups is 1. The number of hydrogen-bond acceptors (Lipinski definition) is 9. The first-order valence-electron chi connectivity index (χ1n) is 12.4. The number of rotatable bonds is 11. The van der Waals surface area contributed by atoms with E-state index in [1.165, 1.54) is 37.1 Å². The summed E-state index contributed by atoms with van der Waals surface area (Å²) in [5, 5.41) is 8.97. The lowest BCUT2D eigenvalue weighted by Crippen LogP contribution is -2.21. The van der Waals surface area contributed by atoms with Gasteiger partial charge in [-0.15, -0.1) is 0 Å². The molecular weight excluding hydrogens is 536 g/mol. The Hall–Kier alpha value is -5.04. The zero-order valence-electron chi connectivity index (χ0n) is 22.9. The van der Waals surface area contributed by atoms with Gasteiger partial charge in [0.25, 0.3) is 5.56 Å². The number of nitrogens with one attached hydrogen (secondary N) is 3. The molecule has 11 nitrogen and oxygen atoms in total. The molecule has 41 heavy (non-hydrogen) atoms. The Morgan fingerprint density at radius 3 is 2.54 bits per heavy atom. The number of pyridine rings is 1. The van der Waals surface area contributed by atoms with Crippen LogP contribution in [0.3, 0.4) is 0 Å². The van der Waals surface area contributed by atoms with E-state index in [1.54, 1.807) is 12.1 Å². The van der Waals surface area contributed by atoms with Gasteiger partial charge in [-0.05, 0) is 44.4 Å². The average molecular weight is 566 g/mol. The molecule has 0 aliphatic rings. The standard InChI is InChI=1S/C28H29F2N7O4/c1-6-25(38)33-21-13-20(23(40-5)14-24(21)41-10-9-36(2)3)34-28-31-15-16-11-22(27(39)37(4)26(16)35-28)32-19-8-7-17(29)12-18(19)30/h6-8,11-15,32H,1,9-10H2,2-5H3,(H,33,38)(H,31,34,35). The third-order valence-corrected chi connectivity index (χ3v) is 5.94. The molecule has 0 saturated heterocycles. The molecule has 214 valence electrons. The Bertz CT molecular complexity index is 1670. The predicted molar refractivity (Wildman–Crippen MR) is 154 cm³/mol. The van der Waals surface area contributed by atoms with Crippen LogP contribution in [0.1, 0.15) is 0 Å². The smallest absolute Gasteiger partial charge is 0.275 e. The number of methoxy groups -OCH3 is 1. The number of fused-ring (bicyclic) bond motifs is 1. The molecule has 1 amide bonds. The Labute approximate surface area is 234 Å². The van der Waals surface area contributed by atoms with Gasteiger partial charge in [0.05, 0.1) is 24.2 Å². The molecule has 0 radical (unpaired) electrons. The van der Waals surface area contributed by atoms with Crippen LogP contribution in [0, 0.1) is 11.6 Å². The molecule has 0 bridgehead atoms. The minimum Gasteiger partial charge on any atom is -0.494 e. The molecular formula is C28H29F2N7O4. The molecule has 3 N–H and O–H groups in total. The summed E-state index contributed by atoms with van der Waals surface area (Å²) in [6.45, 7) is 4.51. The van der Waals surface area contributed by atoms with Gasteiger partial charge in [0, 0.05) is 37.3 Å². The maximum absolute atomic E-state index is 14.1. The van der Waals surface area contributed by atoms with Gasteiger partial charge in [-0.1, -0.05) is 6.58 Å². The normalized spacial score (nSPS) is 10.9. The third-order valence-electron chi connectivity index (χ3n) is 5.94. The molecule has 0 fully saturated rings. The van der Waals surface area contributed by atoms with Crippen LogP contribution in [0.2, 0.25) is 0 Å². The Morgan fingerprint density at radius 2 is 1.85 bits per heavy atom. The van der Waals surface area contributed by atoms with E-state index >= 15 is 0 Å². The number of likely N-dealkylation sites (N-methyl/N-ethyl adjacent to an activating group) is 1. The number of benzene rings is 2. The Kier molecular flexibility index (Phi) is 8.78. The van der Waals surface area contributed by atoms with Crippen molar-refractivity contribution in [2.75, 3.05) is 50.3 Å². The molecule has 0 spiro atoms. The minimum absolute atomic E-state index is 0.0531. The van der Waals surface area contributed by atoms with Crippen molar-refractivity contribution in [3.63, 3.8) is 0 Å². The summed E-state index contributed by atoms with van der Waals surface area (Å²) in [7, 11) is 6.82. The van der Waals surface area contributed by atoms with Gasteiger partial charge < -0.3 is 30.3 Å². The maximum atomic E-state index is 14.1. The monoisotopic (exact) mass is 565 g/mol. The van der Waals surface area contributed by atoms with E-state index < -0.39 is 23.1 Å². The van der Waals surface area contributed by atoms with Crippen LogP contribution in [0.25, 0.3) is 11.0 Å². The van der Waals surface area contributed by atoms with Crippen molar-refractivity contribution in [3.8, 4) is 11.5 Å². The van der Waals surface area contributed by atoms with E-state index in [0.717, 1.165) is 18.2 Å². The van der Waals surface area contributed by atoms with Crippen LogP contribution in [-0.2, 0) is 11.8 Å². The lowest BCUT2D eigenvalue weighted by Gasteiger charge is -2.18. The molecule has 0 atom stereocenters. The minimum atomic E-state index is -0.838. The summed E-state index contributed by atoms with van der Waals surface area (Å²) in [4.78, 5) is 35.9. The largest absolute Gasteiger partial charge is 0.494 e. The summed E-state index contributed by atoms with van der Waals surface area (Å²) in [5.41, 5.74) is 0.597. The first-order chi connectivity index (χ1) is 19.6. The molecule has 0 saturated carbocycles. The van der Waals surface area contributed by atoms with Gasteiger partial charge in [0.1, 0.15) is 41.1 Å². The van der Waals surface area contributed by atoms with E-state index in [4.69, 9.17) is 9.47 Å². The van der Waals surface area contributed by atoms with Crippen LogP contribution in [-0.4, -0.2) is 59.7 Å². The highest BCUT2D eigenvalue weighted by molar-refractivity contribution is 6.00. The number of aryl methyl sites for hydroxylation is 1. The van der Waals surface area contributed by atoms with Crippen LogP contribution in [0.5, 0.6) is 11.5 Å². The van der Waals surface area contributed by atoms with Crippen molar-refractivity contribution in [1.29, 1.82) is 0 Å². The van der Waals surface area contributed by atoms with E-state index in [-0.39, 0.29) is 17.3 Å². The van der Waals surface area contributed by atoms with Gasteiger partial charge in [0.2, 0.25) is 11.9 Å². The summed E-state index contributed by atoms with van der Waals surface area (Å²) in [6.07, 6.45) is 2.63. The van der Waals surface area contributed by atoms with E-state index in [1.807, 2.05) is 19.0 Å².